The zero-order valence-electron chi connectivity index (χ0n) is 9.68. The van der Waals surface area contributed by atoms with E-state index in [1.54, 1.807) is 24.4 Å². The number of aromatic nitrogens is 2. The molecule has 1 aromatic carbocycles. The molecule has 0 aliphatic heterocycles. The molecule has 90 valence electrons. The highest BCUT2D eigenvalue weighted by molar-refractivity contribution is 5.53. The van der Waals surface area contributed by atoms with Gasteiger partial charge >= 0.3 is 0 Å². The summed E-state index contributed by atoms with van der Waals surface area (Å²) in [7, 11) is 0. The molecule has 0 saturated heterocycles. The largest absolute Gasteiger partial charge is 0.385 e. The zero-order valence-corrected chi connectivity index (χ0v) is 9.68. The lowest BCUT2D eigenvalue weighted by Gasteiger charge is -2.05. The molecule has 4 heteroatoms. The molecule has 0 aliphatic rings. The molecule has 0 aliphatic carbocycles. The van der Waals surface area contributed by atoms with Gasteiger partial charge in [0.2, 0.25) is 0 Å². The Labute approximate surface area is 104 Å². The lowest BCUT2D eigenvalue weighted by molar-refractivity contribution is 0.612. The molecule has 0 bridgehead atoms. The Morgan fingerprint density at radius 3 is 2.78 bits per heavy atom. The summed E-state index contributed by atoms with van der Waals surface area (Å²) >= 11 is 0. The maximum absolute atomic E-state index is 13.6. The number of benzene rings is 1. The van der Waals surface area contributed by atoms with E-state index in [1.807, 2.05) is 22.6 Å². The molecule has 0 spiro atoms. The van der Waals surface area contributed by atoms with Crippen LogP contribution < -0.4 is 5.73 Å². The molecule has 3 aromatic rings. The summed E-state index contributed by atoms with van der Waals surface area (Å²) in [6.45, 7) is 0. The van der Waals surface area contributed by atoms with Crippen molar-refractivity contribution >= 4 is 11.3 Å². The third-order valence-electron chi connectivity index (χ3n) is 2.96. The minimum atomic E-state index is -0.219. The minimum absolute atomic E-state index is 0.219. The van der Waals surface area contributed by atoms with E-state index in [9.17, 15) is 4.39 Å². The maximum Gasteiger partial charge on any atom is 0.126 e. The Morgan fingerprint density at radius 2 is 1.94 bits per heavy atom. The van der Waals surface area contributed by atoms with Crippen molar-refractivity contribution in [2.24, 2.45) is 0 Å². The summed E-state index contributed by atoms with van der Waals surface area (Å²) in [5.74, 6) is 1.13. The van der Waals surface area contributed by atoms with E-state index in [1.165, 1.54) is 6.07 Å². The smallest absolute Gasteiger partial charge is 0.126 e. The third-order valence-corrected chi connectivity index (χ3v) is 2.96. The summed E-state index contributed by atoms with van der Waals surface area (Å²) in [5, 5.41) is 0. The topological polar surface area (TPSA) is 43.3 Å². The summed E-state index contributed by atoms with van der Waals surface area (Å²) in [6.07, 6.45) is 2.17. The summed E-state index contributed by atoms with van der Waals surface area (Å²) in [5.41, 5.74) is 7.46. The molecule has 18 heavy (non-hydrogen) atoms. The number of fused-ring (bicyclic) bond motifs is 1. The molecule has 2 heterocycles. The van der Waals surface area contributed by atoms with E-state index in [-0.39, 0.29) is 5.82 Å². The fraction of sp³-hybridized carbons (Fsp3) is 0.0714. The minimum Gasteiger partial charge on any atom is -0.385 e. The number of imidazole rings is 1. The molecule has 2 N–H and O–H groups in total. The van der Waals surface area contributed by atoms with Crippen LogP contribution in [-0.4, -0.2) is 9.38 Å². The second-order valence-corrected chi connectivity index (χ2v) is 4.15. The Morgan fingerprint density at radius 1 is 1.11 bits per heavy atom. The van der Waals surface area contributed by atoms with Gasteiger partial charge in [-0.3, -0.25) is 4.40 Å². The number of anilines is 1. The Bertz CT molecular complexity index is 703. The van der Waals surface area contributed by atoms with Crippen LogP contribution in [0.5, 0.6) is 0 Å². The number of nitrogen functional groups attached to an aromatic ring is 1. The monoisotopic (exact) mass is 241 g/mol. The lowest BCUT2D eigenvalue weighted by atomic mass is 10.1. The summed E-state index contributed by atoms with van der Waals surface area (Å²) in [4.78, 5) is 4.31. The molecule has 0 radical (unpaired) electrons. The quantitative estimate of drug-likeness (QED) is 0.749. The van der Waals surface area contributed by atoms with Crippen molar-refractivity contribution in [3.05, 3.63) is 65.9 Å². The van der Waals surface area contributed by atoms with Crippen molar-refractivity contribution in [1.29, 1.82) is 0 Å². The average Bonchev–Trinajstić information content (AvgIpc) is 2.77. The third kappa shape index (κ3) is 1.72. The first kappa shape index (κ1) is 10.8. The number of nitrogens with zero attached hydrogens (tertiary/aromatic N) is 2. The van der Waals surface area contributed by atoms with Crippen LogP contribution in [0.15, 0.2) is 48.7 Å². The standard InChI is InChI=1S/C14H12FN3/c15-12-6-2-1-4-10(12)8-14-17-9-11-5-3-7-13(16)18(11)14/h1-7,9H,8,16H2. The number of hydrogen-bond donors (Lipinski definition) is 1. The van der Waals surface area contributed by atoms with E-state index in [4.69, 9.17) is 5.73 Å². The SMILES string of the molecule is Nc1cccc2cnc(Cc3ccccc3F)n12. The van der Waals surface area contributed by atoms with Crippen molar-refractivity contribution in [1.82, 2.24) is 9.38 Å². The van der Waals surface area contributed by atoms with Crippen LogP contribution in [0.1, 0.15) is 11.4 Å². The van der Waals surface area contributed by atoms with Crippen LogP contribution in [0.3, 0.4) is 0 Å². The van der Waals surface area contributed by atoms with E-state index in [2.05, 4.69) is 4.98 Å². The van der Waals surface area contributed by atoms with Crippen LogP contribution >= 0.6 is 0 Å². The molecule has 0 atom stereocenters. The number of nitrogens with two attached hydrogens (primary N) is 1. The van der Waals surface area contributed by atoms with Crippen LogP contribution in [0.4, 0.5) is 10.2 Å². The van der Waals surface area contributed by atoms with Gasteiger partial charge in [-0.25, -0.2) is 9.37 Å². The van der Waals surface area contributed by atoms with Gasteiger partial charge in [0.05, 0.1) is 11.7 Å². The second-order valence-electron chi connectivity index (χ2n) is 4.15. The Balaban J connectivity index is 2.09. The Hall–Kier alpha value is -2.36. The van der Waals surface area contributed by atoms with E-state index in [0.29, 0.717) is 17.8 Å². The molecule has 0 unspecified atom stereocenters. The predicted molar refractivity (Wildman–Crippen MR) is 68.8 cm³/mol. The lowest BCUT2D eigenvalue weighted by Crippen LogP contribution is -2.03. The van der Waals surface area contributed by atoms with Crippen LogP contribution in [0, 0.1) is 5.82 Å². The Kier molecular flexibility index (Phi) is 2.48. The molecular formula is C14H12FN3. The molecule has 2 aromatic heterocycles. The highest BCUT2D eigenvalue weighted by Gasteiger charge is 2.09. The fourth-order valence-corrected chi connectivity index (χ4v) is 2.08. The van der Waals surface area contributed by atoms with Crippen molar-refractivity contribution < 1.29 is 4.39 Å². The van der Waals surface area contributed by atoms with Gasteiger partial charge in [-0.2, -0.15) is 0 Å². The average molecular weight is 241 g/mol. The summed E-state index contributed by atoms with van der Waals surface area (Å²) in [6, 6.07) is 12.3. The number of halogens is 1. The van der Waals surface area contributed by atoms with Crippen molar-refractivity contribution in [2.45, 2.75) is 6.42 Å². The van der Waals surface area contributed by atoms with Crippen molar-refractivity contribution in [2.75, 3.05) is 5.73 Å². The van der Waals surface area contributed by atoms with Crippen LogP contribution in [0.25, 0.3) is 5.52 Å². The van der Waals surface area contributed by atoms with E-state index in [0.717, 1.165) is 11.3 Å². The zero-order chi connectivity index (χ0) is 12.5. The molecular weight excluding hydrogens is 229 g/mol. The van der Waals surface area contributed by atoms with Gasteiger partial charge in [0.15, 0.2) is 0 Å². The number of rotatable bonds is 2. The fourth-order valence-electron chi connectivity index (χ4n) is 2.08. The van der Waals surface area contributed by atoms with Crippen molar-refractivity contribution in [3.63, 3.8) is 0 Å². The maximum atomic E-state index is 13.6. The van der Waals surface area contributed by atoms with Gasteiger partial charge in [-0.1, -0.05) is 24.3 Å². The number of hydrogen-bond acceptors (Lipinski definition) is 2. The first-order valence-electron chi connectivity index (χ1n) is 5.70. The van der Waals surface area contributed by atoms with Crippen molar-refractivity contribution in [3.8, 4) is 0 Å². The highest BCUT2D eigenvalue weighted by Crippen LogP contribution is 2.17. The molecule has 0 fully saturated rings. The van der Waals surface area contributed by atoms with Crippen LogP contribution in [-0.2, 0) is 6.42 Å². The predicted octanol–water partition coefficient (Wildman–Crippen LogP) is 2.65. The van der Waals surface area contributed by atoms with Gasteiger partial charge in [0.25, 0.3) is 0 Å². The normalized spacial score (nSPS) is 10.9. The molecule has 0 amide bonds. The first-order valence-corrected chi connectivity index (χ1v) is 5.70. The van der Waals surface area contributed by atoms with Gasteiger partial charge in [0.1, 0.15) is 17.5 Å². The van der Waals surface area contributed by atoms with Crippen LogP contribution in [0.2, 0.25) is 0 Å². The molecule has 0 saturated carbocycles. The summed E-state index contributed by atoms with van der Waals surface area (Å²) < 4.78 is 15.5. The van der Waals surface area contributed by atoms with Gasteiger partial charge < -0.3 is 5.73 Å². The van der Waals surface area contributed by atoms with E-state index >= 15 is 0 Å². The van der Waals surface area contributed by atoms with Gasteiger partial charge in [0, 0.05) is 6.42 Å². The van der Waals surface area contributed by atoms with E-state index < -0.39 is 0 Å². The highest BCUT2D eigenvalue weighted by atomic mass is 19.1. The second kappa shape index (κ2) is 4.14. The van der Waals surface area contributed by atoms with Gasteiger partial charge in [-0.15, -0.1) is 0 Å². The molecule has 3 rings (SSSR count). The molecule has 3 nitrogen and oxygen atoms in total. The first-order chi connectivity index (χ1) is 8.75. The van der Waals surface area contributed by atoms with Gasteiger partial charge in [-0.05, 0) is 23.8 Å². The number of pyridine rings is 1.